The van der Waals surface area contributed by atoms with Crippen LogP contribution in [-0.2, 0) is 4.84 Å². The second kappa shape index (κ2) is 6.73. The van der Waals surface area contributed by atoms with E-state index in [4.69, 9.17) is 16.4 Å². The van der Waals surface area contributed by atoms with Crippen LogP contribution in [0.1, 0.15) is 11.1 Å². The van der Waals surface area contributed by atoms with Gasteiger partial charge in [0.15, 0.2) is 0 Å². The van der Waals surface area contributed by atoms with Crippen LogP contribution in [0.4, 0.5) is 10.5 Å². The molecule has 0 aliphatic heterocycles. The highest BCUT2D eigenvalue weighted by molar-refractivity contribution is 6.33. The van der Waals surface area contributed by atoms with Crippen molar-refractivity contribution in [2.45, 2.75) is 6.92 Å². The average molecular weight is 289 g/mol. The smallest absolute Gasteiger partial charge is 0.298 e. The topological polar surface area (TPSA) is 50.7 Å². The Bertz CT molecular complexity index is 624. The van der Waals surface area contributed by atoms with Crippen LogP contribution in [0.25, 0.3) is 0 Å². The first-order chi connectivity index (χ1) is 9.65. The van der Waals surface area contributed by atoms with Gasteiger partial charge in [-0.25, -0.2) is 4.79 Å². The number of benzene rings is 2. The number of hydrogen-bond acceptors (Lipinski definition) is 3. The van der Waals surface area contributed by atoms with Crippen molar-refractivity contribution in [1.82, 2.24) is 0 Å². The summed E-state index contributed by atoms with van der Waals surface area (Å²) >= 11 is 5.94. The van der Waals surface area contributed by atoms with Crippen molar-refractivity contribution in [3.05, 3.63) is 64.7 Å². The molecule has 0 heterocycles. The van der Waals surface area contributed by atoms with Gasteiger partial charge < -0.3 is 0 Å². The molecule has 0 aliphatic rings. The molecule has 0 atom stereocenters. The van der Waals surface area contributed by atoms with Crippen molar-refractivity contribution in [2.24, 2.45) is 5.16 Å². The molecule has 1 amide bonds. The van der Waals surface area contributed by atoms with E-state index in [2.05, 4.69) is 10.5 Å². The number of aryl methyl sites for hydroxylation is 1. The molecule has 102 valence electrons. The first-order valence-electron chi connectivity index (χ1n) is 5.98. The van der Waals surface area contributed by atoms with Crippen LogP contribution >= 0.6 is 11.6 Å². The first-order valence-corrected chi connectivity index (χ1v) is 6.35. The van der Waals surface area contributed by atoms with Gasteiger partial charge in [-0.05, 0) is 25.1 Å². The molecule has 0 spiro atoms. The standard InChI is InChI=1S/C15H13ClN2O2/c1-11-6-8-13(9-7-11)18-15(19)20-17-10-12-4-2-3-5-14(12)16/h2-10H,1H3,(H,18,19)/b17-10-. The number of carbonyl (C=O) groups is 1. The Morgan fingerprint density at radius 2 is 1.90 bits per heavy atom. The van der Waals surface area contributed by atoms with Crippen LogP contribution in [0.2, 0.25) is 5.02 Å². The largest absolute Gasteiger partial charge is 0.437 e. The van der Waals surface area contributed by atoms with E-state index >= 15 is 0 Å². The fraction of sp³-hybridized carbons (Fsp3) is 0.0667. The molecule has 0 unspecified atom stereocenters. The van der Waals surface area contributed by atoms with Crippen molar-refractivity contribution in [3.63, 3.8) is 0 Å². The Balaban J connectivity index is 1.89. The van der Waals surface area contributed by atoms with E-state index in [1.807, 2.05) is 31.2 Å². The number of amides is 1. The summed E-state index contributed by atoms with van der Waals surface area (Å²) in [6, 6.07) is 14.5. The van der Waals surface area contributed by atoms with Crippen LogP contribution in [0.15, 0.2) is 53.7 Å². The van der Waals surface area contributed by atoms with Gasteiger partial charge >= 0.3 is 6.09 Å². The van der Waals surface area contributed by atoms with Crippen molar-refractivity contribution in [2.75, 3.05) is 5.32 Å². The highest BCUT2D eigenvalue weighted by atomic mass is 35.5. The van der Waals surface area contributed by atoms with Crippen LogP contribution in [0.3, 0.4) is 0 Å². The third kappa shape index (κ3) is 4.10. The van der Waals surface area contributed by atoms with E-state index in [-0.39, 0.29) is 0 Å². The van der Waals surface area contributed by atoms with Gasteiger partial charge in [0.1, 0.15) is 0 Å². The zero-order valence-corrected chi connectivity index (χ0v) is 11.6. The Morgan fingerprint density at radius 1 is 1.20 bits per heavy atom. The Hall–Kier alpha value is -2.33. The molecule has 2 aromatic carbocycles. The first kappa shape index (κ1) is 14.1. The summed E-state index contributed by atoms with van der Waals surface area (Å²) in [7, 11) is 0. The SMILES string of the molecule is Cc1ccc(NC(=O)O/N=C\c2ccccc2Cl)cc1. The minimum atomic E-state index is -0.655. The third-order valence-electron chi connectivity index (χ3n) is 2.53. The maximum absolute atomic E-state index is 11.5. The number of hydrogen-bond donors (Lipinski definition) is 1. The Labute approximate surface area is 122 Å². The minimum Gasteiger partial charge on any atom is -0.298 e. The number of anilines is 1. The number of nitrogens with one attached hydrogen (secondary N) is 1. The predicted octanol–water partition coefficient (Wildman–Crippen LogP) is 4.23. The fourth-order valence-electron chi connectivity index (χ4n) is 1.49. The predicted molar refractivity (Wildman–Crippen MR) is 80.3 cm³/mol. The lowest BCUT2D eigenvalue weighted by Gasteiger charge is -2.02. The van der Waals surface area contributed by atoms with Gasteiger partial charge in [0.2, 0.25) is 0 Å². The molecule has 20 heavy (non-hydrogen) atoms. The Kier molecular flexibility index (Phi) is 4.74. The molecule has 0 radical (unpaired) electrons. The van der Waals surface area contributed by atoms with Gasteiger partial charge in [0.25, 0.3) is 0 Å². The second-order valence-electron chi connectivity index (χ2n) is 4.13. The molecule has 0 fully saturated rings. The second-order valence-corrected chi connectivity index (χ2v) is 4.53. The molecular formula is C15H13ClN2O2. The molecule has 1 N–H and O–H groups in total. The van der Waals surface area contributed by atoms with Gasteiger partial charge in [-0.3, -0.25) is 10.2 Å². The summed E-state index contributed by atoms with van der Waals surface area (Å²) in [6.07, 6.45) is 0.731. The zero-order chi connectivity index (χ0) is 14.4. The minimum absolute atomic E-state index is 0.541. The highest BCUT2D eigenvalue weighted by Gasteiger charge is 2.02. The maximum Gasteiger partial charge on any atom is 0.437 e. The highest BCUT2D eigenvalue weighted by Crippen LogP contribution is 2.12. The van der Waals surface area contributed by atoms with Crippen molar-refractivity contribution >= 4 is 29.6 Å². The third-order valence-corrected chi connectivity index (χ3v) is 2.87. The number of rotatable bonds is 3. The quantitative estimate of drug-likeness (QED) is 0.522. The molecule has 0 saturated carbocycles. The van der Waals surface area contributed by atoms with Gasteiger partial charge in [0, 0.05) is 16.3 Å². The number of halogens is 1. The van der Waals surface area contributed by atoms with E-state index in [0.29, 0.717) is 16.3 Å². The van der Waals surface area contributed by atoms with E-state index < -0.39 is 6.09 Å². The van der Waals surface area contributed by atoms with E-state index in [1.165, 1.54) is 6.21 Å². The van der Waals surface area contributed by atoms with Crippen LogP contribution in [-0.4, -0.2) is 12.3 Å². The molecule has 0 bridgehead atoms. The summed E-state index contributed by atoms with van der Waals surface area (Å²) in [6.45, 7) is 1.97. The summed E-state index contributed by atoms with van der Waals surface area (Å²) in [5, 5.41) is 6.70. The van der Waals surface area contributed by atoms with E-state index in [9.17, 15) is 4.79 Å². The molecule has 5 heteroatoms. The van der Waals surface area contributed by atoms with Crippen LogP contribution in [0.5, 0.6) is 0 Å². The summed E-state index contributed by atoms with van der Waals surface area (Å²) < 4.78 is 0. The lowest BCUT2D eigenvalue weighted by molar-refractivity contribution is 0.167. The van der Waals surface area contributed by atoms with Gasteiger partial charge in [0.05, 0.1) is 6.21 Å². The summed E-state index contributed by atoms with van der Waals surface area (Å²) in [5.74, 6) is 0. The van der Waals surface area contributed by atoms with Crippen molar-refractivity contribution in [3.8, 4) is 0 Å². The Morgan fingerprint density at radius 3 is 2.60 bits per heavy atom. The van der Waals surface area contributed by atoms with Crippen molar-refractivity contribution < 1.29 is 9.63 Å². The van der Waals surface area contributed by atoms with E-state index in [0.717, 1.165) is 5.56 Å². The van der Waals surface area contributed by atoms with Gasteiger partial charge in [-0.1, -0.05) is 52.7 Å². The normalized spacial score (nSPS) is 10.5. The lowest BCUT2D eigenvalue weighted by Crippen LogP contribution is -2.10. The number of nitrogens with zero attached hydrogens (tertiary/aromatic N) is 1. The number of carbonyl (C=O) groups excluding carboxylic acids is 1. The van der Waals surface area contributed by atoms with Crippen molar-refractivity contribution in [1.29, 1.82) is 0 Å². The molecule has 2 rings (SSSR count). The summed E-state index contributed by atoms with van der Waals surface area (Å²) in [5.41, 5.74) is 2.44. The number of oxime groups is 1. The zero-order valence-electron chi connectivity index (χ0n) is 10.8. The molecule has 0 saturated heterocycles. The average Bonchev–Trinajstić information content (AvgIpc) is 2.43. The fourth-order valence-corrected chi connectivity index (χ4v) is 1.67. The molecule has 0 aromatic heterocycles. The molecular weight excluding hydrogens is 276 g/mol. The van der Waals surface area contributed by atoms with Crippen LogP contribution in [0, 0.1) is 6.92 Å². The van der Waals surface area contributed by atoms with E-state index in [1.54, 1.807) is 24.3 Å². The van der Waals surface area contributed by atoms with Crippen LogP contribution < -0.4 is 5.32 Å². The lowest BCUT2D eigenvalue weighted by atomic mass is 10.2. The summed E-state index contributed by atoms with van der Waals surface area (Å²) in [4.78, 5) is 16.2. The maximum atomic E-state index is 11.5. The molecule has 0 aliphatic carbocycles. The van der Waals surface area contributed by atoms with Gasteiger partial charge in [-0.15, -0.1) is 0 Å². The monoisotopic (exact) mass is 288 g/mol. The molecule has 2 aromatic rings. The molecule has 4 nitrogen and oxygen atoms in total. The van der Waals surface area contributed by atoms with Gasteiger partial charge in [-0.2, -0.15) is 0 Å².